The average Bonchev–Trinajstić information content (AvgIpc) is 2.82. The normalized spacial score (nSPS) is 15.6. The van der Waals surface area contributed by atoms with Gasteiger partial charge in [-0.25, -0.2) is 8.42 Å². The van der Waals surface area contributed by atoms with E-state index >= 15 is 0 Å². The second-order valence-electron chi connectivity index (χ2n) is 9.55. The quantitative estimate of drug-likeness (QED) is 0.582. The Morgan fingerprint density at radius 2 is 1.91 bits per heavy atom. The summed E-state index contributed by atoms with van der Waals surface area (Å²) in [5.74, 6) is 1.41. The molecular formula is C25H34N2O5S. The number of anilines is 2. The molecule has 0 bridgehead atoms. The molecule has 3 rings (SSSR count). The first-order valence-electron chi connectivity index (χ1n) is 11.3. The van der Waals surface area contributed by atoms with Crippen molar-refractivity contribution in [3.8, 4) is 11.5 Å². The molecule has 0 fully saturated rings. The summed E-state index contributed by atoms with van der Waals surface area (Å²) in [4.78, 5) is 15.1. The number of aryl methyl sites for hydroxylation is 1. The Balaban J connectivity index is 1.93. The highest BCUT2D eigenvalue weighted by atomic mass is 32.2. The van der Waals surface area contributed by atoms with E-state index in [1.807, 2.05) is 41.5 Å². The van der Waals surface area contributed by atoms with Crippen LogP contribution in [0.1, 0.15) is 46.6 Å². The number of carbonyl (C=O) groups excluding carboxylic acids is 1. The van der Waals surface area contributed by atoms with Crippen molar-refractivity contribution in [2.75, 3.05) is 29.4 Å². The van der Waals surface area contributed by atoms with Gasteiger partial charge in [0.05, 0.1) is 28.3 Å². The molecule has 1 amide bonds. The topological polar surface area (TPSA) is 84.9 Å². The molecule has 8 heteroatoms. The van der Waals surface area contributed by atoms with Gasteiger partial charge in [-0.3, -0.25) is 9.52 Å². The Morgan fingerprint density at radius 1 is 1.18 bits per heavy atom. The van der Waals surface area contributed by atoms with Crippen LogP contribution < -0.4 is 19.1 Å². The van der Waals surface area contributed by atoms with Gasteiger partial charge in [-0.05, 0) is 75.1 Å². The maximum absolute atomic E-state index is 13.2. The van der Waals surface area contributed by atoms with Crippen molar-refractivity contribution in [2.24, 2.45) is 11.3 Å². The van der Waals surface area contributed by atoms with Crippen molar-refractivity contribution in [2.45, 2.75) is 52.9 Å². The van der Waals surface area contributed by atoms with Gasteiger partial charge in [0.25, 0.3) is 10.0 Å². The Kier molecular flexibility index (Phi) is 7.26. The molecule has 0 saturated carbocycles. The SMILES string of the molecule is CCCOc1ccc(S(=O)(=O)Nc2ccc3c(c2)N(CC(C)C)C(=O)C(C)(C)CO3)cc1C. The maximum Gasteiger partial charge on any atom is 0.261 e. The Morgan fingerprint density at radius 3 is 2.55 bits per heavy atom. The van der Waals surface area contributed by atoms with Crippen LogP contribution in [0.15, 0.2) is 41.3 Å². The third-order valence-corrected chi connectivity index (χ3v) is 6.76. The zero-order valence-electron chi connectivity index (χ0n) is 20.3. The van der Waals surface area contributed by atoms with Crippen LogP contribution in [0, 0.1) is 18.3 Å². The first kappa shape index (κ1) is 24.9. The fraction of sp³-hybridized carbons (Fsp3) is 0.480. The number of nitrogens with zero attached hydrogens (tertiary/aromatic N) is 1. The summed E-state index contributed by atoms with van der Waals surface area (Å²) in [6.45, 7) is 13.0. The van der Waals surface area contributed by atoms with Gasteiger partial charge in [0.1, 0.15) is 18.1 Å². The minimum Gasteiger partial charge on any atom is -0.493 e. The maximum atomic E-state index is 13.2. The molecule has 1 aliphatic rings. The number of fused-ring (bicyclic) bond motifs is 1. The summed E-state index contributed by atoms with van der Waals surface area (Å²) in [5.41, 5.74) is 0.992. The molecule has 0 spiro atoms. The molecule has 0 unspecified atom stereocenters. The molecule has 2 aromatic rings. The number of amides is 1. The van der Waals surface area contributed by atoms with Crippen LogP contribution in [0.3, 0.4) is 0 Å². The molecule has 1 heterocycles. The van der Waals surface area contributed by atoms with Gasteiger partial charge in [0.2, 0.25) is 5.91 Å². The van der Waals surface area contributed by atoms with Crippen LogP contribution in [0.4, 0.5) is 11.4 Å². The van der Waals surface area contributed by atoms with Crippen LogP contribution in [0.2, 0.25) is 0 Å². The molecule has 0 saturated heterocycles. The van der Waals surface area contributed by atoms with E-state index in [-0.39, 0.29) is 23.3 Å². The highest BCUT2D eigenvalue weighted by molar-refractivity contribution is 7.92. The minimum atomic E-state index is -3.84. The van der Waals surface area contributed by atoms with Crippen molar-refractivity contribution in [1.82, 2.24) is 0 Å². The van der Waals surface area contributed by atoms with Crippen molar-refractivity contribution >= 4 is 27.3 Å². The predicted molar refractivity (Wildman–Crippen MR) is 131 cm³/mol. The zero-order chi connectivity index (χ0) is 24.4. The molecule has 7 nitrogen and oxygen atoms in total. The summed E-state index contributed by atoms with van der Waals surface area (Å²) in [5, 5.41) is 0. The van der Waals surface area contributed by atoms with Gasteiger partial charge in [-0.1, -0.05) is 20.8 Å². The molecule has 1 aliphatic heterocycles. The summed E-state index contributed by atoms with van der Waals surface area (Å²) in [6.07, 6.45) is 0.872. The van der Waals surface area contributed by atoms with E-state index < -0.39 is 15.4 Å². The second kappa shape index (κ2) is 9.63. The van der Waals surface area contributed by atoms with Crippen LogP contribution in [0.25, 0.3) is 0 Å². The highest BCUT2D eigenvalue weighted by Gasteiger charge is 2.38. The summed E-state index contributed by atoms with van der Waals surface area (Å²) >= 11 is 0. The number of hydrogen-bond donors (Lipinski definition) is 1. The van der Waals surface area contributed by atoms with E-state index in [2.05, 4.69) is 4.72 Å². The Bertz CT molecular complexity index is 1130. The Labute approximate surface area is 197 Å². The smallest absolute Gasteiger partial charge is 0.261 e. The summed E-state index contributed by atoms with van der Waals surface area (Å²) < 4.78 is 40.4. The zero-order valence-corrected chi connectivity index (χ0v) is 21.1. The van der Waals surface area contributed by atoms with E-state index in [0.29, 0.717) is 36.0 Å². The van der Waals surface area contributed by atoms with Gasteiger partial charge >= 0.3 is 0 Å². The van der Waals surface area contributed by atoms with Crippen LogP contribution >= 0.6 is 0 Å². The lowest BCUT2D eigenvalue weighted by Gasteiger charge is -2.29. The van der Waals surface area contributed by atoms with E-state index in [1.165, 1.54) is 6.07 Å². The standard InChI is InChI=1S/C25H34N2O5S/c1-7-12-31-22-11-9-20(13-18(22)4)33(29,30)26-19-8-10-23-21(14-19)27(15-17(2)3)24(28)25(5,6)16-32-23/h8-11,13-14,17,26H,7,12,15-16H2,1-6H3. The van der Waals surface area contributed by atoms with E-state index in [9.17, 15) is 13.2 Å². The monoisotopic (exact) mass is 474 g/mol. The van der Waals surface area contributed by atoms with Gasteiger partial charge in [0.15, 0.2) is 0 Å². The third kappa shape index (κ3) is 5.61. The van der Waals surface area contributed by atoms with Gasteiger partial charge in [0, 0.05) is 6.54 Å². The number of carbonyl (C=O) groups is 1. The predicted octanol–water partition coefficient (Wildman–Crippen LogP) is 4.99. The molecule has 33 heavy (non-hydrogen) atoms. The molecule has 0 aromatic heterocycles. The summed E-state index contributed by atoms with van der Waals surface area (Å²) in [7, 11) is -3.84. The number of hydrogen-bond acceptors (Lipinski definition) is 5. The number of ether oxygens (including phenoxy) is 2. The third-order valence-electron chi connectivity index (χ3n) is 5.38. The molecule has 0 radical (unpaired) electrons. The Hall–Kier alpha value is -2.74. The molecule has 0 aliphatic carbocycles. The molecule has 2 aromatic carbocycles. The van der Waals surface area contributed by atoms with Crippen molar-refractivity contribution in [1.29, 1.82) is 0 Å². The van der Waals surface area contributed by atoms with Crippen LogP contribution in [0.5, 0.6) is 11.5 Å². The lowest BCUT2D eigenvalue weighted by molar-refractivity contribution is -0.127. The van der Waals surface area contributed by atoms with E-state index in [0.717, 1.165) is 12.0 Å². The van der Waals surface area contributed by atoms with Crippen molar-refractivity contribution in [3.63, 3.8) is 0 Å². The number of benzene rings is 2. The second-order valence-corrected chi connectivity index (χ2v) is 11.2. The van der Waals surface area contributed by atoms with E-state index in [1.54, 1.807) is 35.2 Å². The largest absolute Gasteiger partial charge is 0.493 e. The molecule has 180 valence electrons. The first-order chi connectivity index (χ1) is 15.4. The molecule has 0 atom stereocenters. The van der Waals surface area contributed by atoms with Gasteiger partial charge < -0.3 is 14.4 Å². The van der Waals surface area contributed by atoms with Crippen LogP contribution in [-0.2, 0) is 14.8 Å². The van der Waals surface area contributed by atoms with Crippen LogP contribution in [-0.4, -0.2) is 34.1 Å². The number of nitrogens with one attached hydrogen (secondary N) is 1. The summed E-state index contributed by atoms with van der Waals surface area (Å²) in [6, 6.07) is 9.83. The number of sulfonamides is 1. The van der Waals surface area contributed by atoms with Gasteiger partial charge in [-0.2, -0.15) is 0 Å². The number of rotatable bonds is 8. The van der Waals surface area contributed by atoms with Crippen molar-refractivity contribution in [3.05, 3.63) is 42.0 Å². The molecule has 1 N–H and O–H groups in total. The molecular weight excluding hydrogens is 440 g/mol. The fourth-order valence-electron chi connectivity index (χ4n) is 3.63. The minimum absolute atomic E-state index is 0.0479. The van der Waals surface area contributed by atoms with Crippen molar-refractivity contribution < 1.29 is 22.7 Å². The van der Waals surface area contributed by atoms with Gasteiger partial charge in [-0.15, -0.1) is 0 Å². The fourth-order valence-corrected chi connectivity index (χ4v) is 4.77. The van der Waals surface area contributed by atoms with E-state index in [4.69, 9.17) is 9.47 Å². The first-order valence-corrected chi connectivity index (χ1v) is 12.8. The lowest BCUT2D eigenvalue weighted by Crippen LogP contribution is -2.43. The average molecular weight is 475 g/mol. The highest BCUT2D eigenvalue weighted by Crippen LogP contribution is 2.39. The lowest BCUT2D eigenvalue weighted by atomic mass is 9.92.